The predicted octanol–water partition coefficient (Wildman–Crippen LogP) is 6.48. The molecule has 1 N–H and O–H groups in total. The van der Waals surface area contributed by atoms with Crippen molar-refractivity contribution in [2.45, 2.75) is 31.3 Å². The molecule has 178 valence electrons. The van der Waals surface area contributed by atoms with Gasteiger partial charge >= 0.3 is 0 Å². The zero-order chi connectivity index (χ0) is 24.2. The second-order valence-electron chi connectivity index (χ2n) is 8.95. The lowest BCUT2D eigenvalue weighted by Crippen LogP contribution is -2.45. The van der Waals surface area contributed by atoms with Crippen LogP contribution in [-0.4, -0.2) is 23.9 Å². The van der Waals surface area contributed by atoms with Gasteiger partial charge in [-0.1, -0.05) is 121 Å². The average Bonchev–Trinajstić information content (AvgIpc) is 2.92. The molecule has 4 aromatic carbocycles. The average molecular weight is 463 g/mol. The standard InChI is InChI=1S/C33H34O2/c34-23-24-35-33(27-31-19-11-4-12-20-31,22-21-28-13-5-1-6-14-28)32(25-29-15-7-2-8-16-29)26-30-17-9-3-10-18-30/h1-20,22,34H,21,23-27H2. The minimum Gasteiger partial charge on any atom is -0.394 e. The van der Waals surface area contributed by atoms with Crippen LogP contribution in [-0.2, 0) is 30.4 Å². The smallest absolute Gasteiger partial charge is 0.0827 e. The summed E-state index contributed by atoms with van der Waals surface area (Å²) in [5, 5.41) is 9.79. The number of benzene rings is 4. The highest BCUT2D eigenvalue weighted by molar-refractivity contribution is 5.35. The summed E-state index contributed by atoms with van der Waals surface area (Å²) in [6.07, 6.45) is 5.44. The van der Waals surface area contributed by atoms with E-state index in [0.717, 1.165) is 25.7 Å². The molecule has 2 radical (unpaired) electrons. The second kappa shape index (κ2) is 13.0. The van der Waals surface area contributed by atoms with Gasteiger partial charge in [0.1, 0.15) is 0 Å². The van der Waals surface area contributed by atoms with E-state index in [1.54, 1.807) is 0 Å². The highest BCUT2D eigenvalue weighted by Gasteiger charge is 2.40. The van der Waals surface area contributed by atoms with Crippen LogP contribution in [0.3, 0.4) is 0 Å². The Morgan fingerprint density at radius 1 is 0.600 bits per heavy atom. The Bertz CT molecular complexity index is 1060. The molecule has 0 aromatic heterocycles. The van der Waals surface area contributed by atoms with Crippen molar-refractivity contribution in [1.29, 1.82) is 0 Å². The Labute approximate surface area is 210 Å². The molecule has 0 spiro atoms. The first-order valence-corrected chi connectivity index (χ1v) is 12.4. The van der Waals surface area contributed by atoms with Gasteiger partial charge in [0.15, 0.2) is 0 Å². The number of aliphatic hydroxyl groups excluding tert-OH is 1. The van der Waals surface area contributed by atoms with E-state index in [9.17, 15) is 5.11 Å². The molecule has 0 aliphatic carbocycles. The summed E-state index contributed by atoms with van der Waals surface area (Å²) in [6.45, 7) is 0.269. The largest absolute Gasteiger partial charge is 0.394 e. The summed E-state index contributed by atoms with van der Waals surface area (Å²) < 4.78 is 6.67. The number of rotatable bonds is 13. The molecule has 2 heteroatoms. The van der Waals surface area contributed by atoms with Gasteiger partial charge in [-0.15, -0.1) is 0 Å². The summed E-state index contributed by atoms with van der Waals surface area (Å²) in [6, 6.07) is 42.3. The molecule has 4 aromatic rings. The molecule has 35 heavy (non-hydrogen) atoms. The molecule has 1 unspecified atom stereocenters. The zero-order valence-corrected chi connectivity index (χ0v) is 20.2. The third-order valence-corrected chi connectivity index (χ3v) is 6.39. The molecular weight excluding hydrogens is 428 g/mol. The van der Waals surface area contributed by atoms with E-state index in [1.165, 1.54) is 28.2 Å². The molecule has 0 saturated heterocycles. The lowest BCUT2D eigenvalue weighted by atomic mass is 9.72. The van der Waals surface area contributed by atoms with Crippen molar-refractivity contribution in [3.8, 4) is 0 Å². The fourth-order valence-corrected chi connectivity index (χ4v) is 4.62. The van der Waals surface area contributed by atoms with E-state index in [-0.39, 0.29) is 13.2 Å². The van der Waals surface area contributed by atoms with Gasteiger partial charge in [-0.2, -0.15) is 0 Å². The van der Waals surface area contributed by atoms with Crippen LogP contribution in [0.5, 0.6) is 0 Å². The van der Waals surface area contributed by atoms with Crippen LogP contribution in [0.15, 0.2) is 121 Å². The molecule has 0 aliphatic heterocycles. The van der Waals surface area contributed by atoms with Gasteiger partial charge in [-0.25, -0.2) is 0 Å². The third-order valence-electron chi connectivity index (χ3n) is 6.39. The van der Waals surface area contributed by atoms with E-state index in [4.69, 9.17) is 4.74 Å². The van der Waals surface area contributed by atoms with Gasteiger partial charge in [-0.3, -0.25) is 0 Å². The summed E-state index contributed by atoms with van der Waals surface area (Å²) in [4.78, 5) is 0. The maximum absolute atomic E-state index is 9.79. The Kier molecular flexibility index (Phi) is 9.28. The molecule has 0 aliphatic rings. The molecule has 4 rings (SSSR count). The predicted molar refractivity (Wildman–Crippen MR) is 144 cm³/mol. The first-order valence-electron chi connectivity index (χ1n) is 12.4. The molecule has 0 saturated carbocycles. The fourth-order valence-electron chi connectivity index (χ4n) is 4.62. The zero-order valence-electron chi connectivity index (χ0n) is 20.2. The van der Waals surface area contributed by atoms with Gasteiger partial charge in [0, 0.05) is 12.3 Å². The van der Waals surface area contributed by atoms with Gasteiger partial charge < -0.3 is 9.84 Å². The van der Waals surface area contributed by atoms with Crippen LogP contribution in [0, 0.1) is 12.3 Å². The van der Waals surface area contributed by atoms with Crippen LogP contribution in [0.4, 0.5) is 0 Å². The molecule has 0 heterocycles. The van der Waals surface area contributed by atoms with E-state index >= 15 is 0 Å². The van der Waals surface area contributed by atoms with Crippen LogP contribution in [0.1, 0.15) is 22.3 Å². The Morgan fingerprint density at radius 3 is 1.49 bits per heavy atom. The quantitative estimate of drug-likeness (QED) is 0.246. The number of hydrogen-bond donors (Lipinski definition) is 1. The second-order valence-corrected chi connectivity index (χ2v) is 8.95. The van der Waals surface area contributed by atoms with Crippen molar-refractivity contribution in [3.63, 3.8) is 0 Å². The number of hydrogen-bond acceptors (Lipinski definition) is 2. The van der Waals surface area contributed by atoms with Crippen molar-refractivity contribution in [1.82, 2.24) is 0 Å². The van der Waals surface area contributed by atoms with Crippen LogP contribution in [0.25, 0.3) is 0 Å². The molecule has 1 atom stereocenters. The van der Waals surface area contributed by atoms with Gasteiger partial charge in [0.2, 0.25) is 0 Å². The summed E-state index contributed by atoms with van der Waals surface area (Å²) in [5.41, 5.74) is 4.35. The Morgan fingerprint density at radius 2 is 1.03 bits per heavy atom. The van der Waals surface area contributed by atoms with Crippen molar-refractivity contribution >= 4 is 0 Å². The van der Waals surface area contributed by atoms with Crippen LogP contribution < -0.4 is 0 Å². The normalized spacial score (nSPS) is 13.0. The SMILES string of the molecule is OCCOC([CH]Cc1ccccc1)(Cc1ccccc1)[C](Cc1ccccc1)Cc1ccccc1. The van der Waals surface area contributed by atoms with E-state index in [1.807, 2.05) is 12.1 Å². The highest BCUT2D eigenvalue weighted by atomic mass is 16.5. The first kappa shape index (κ1) is 24.9. The van der Waals surface area contributed by atoms with Crippen molar-refractivity contribution in [3.05, 3.63) is 156 Å². The fraction of sp³-hybridized carbons (Fsp3) is 0.212. The minimum atomic E-state index is -0.633. The van der Waals surface area contributed by atoms with Crippen LogP contribution in [0.2, 0.25) is 0 Å². The van der Waals surface area contributed by atoms with Gasteiger partial charge in [-0.05, 0) is 47.9 Å². The maximum atomic E-state index is 9.79. The highest BCUT2D eigenvalue weighted by Crippen LogP contribution is 2.38. The van der Waals surface area contributed by atoms with E-state index in [2.05, 4.69) is 116 Å². The monoisotopic (exact) mass is 462 g/mol. The van der Waals surface area contributed by atoms with Crippen molar-refractivity contribution < 1.29 is 9.84 Å². The molecule has 2 nitrogen and oxygen atoms in total. The van der Waals surface area contributed by atoms with Crippen molar-refractivity contribution in [2.24, 2.45) is 0 Å². The Hall–Kier alpha value is -3.20. The van der Waals surface area contributed by atoms with Gasteiger partial charge in [0.25, 0.3) is 0 Å². The third kappa shape index (κ3) is 7.39. The lowest BCUT2D eigenvalue weighted by molar-refractivity contribution is -0.0300. The van der Waals surface area contributed by atoms with Crippen LogP contribution >= 0.6 is 0 Å². The summed E-state index contributed by atoms with van der Waals surface area (Å²) in [5.74, 6) is 1.29. The first-order chi connectivity index (χ1) is 17.3. The minimum absolute atomic E-state index is 0.0142. The number of ether oxygens (including phenoxy) is 1. The summed E-state index contributed by atoms with van der Waals surface area (Å²) in [7, 11) is 0. The molecule has 0 fully saturated rings. The topological polar surface area (TPSA) is 29.5 Å². The maximum Gasteiger partial charge on any atom is 0.0827 e. The lowest BCUT2D eigenvalue weighted by Gasteiger charge is -2.41. The number of aliphatic hydroxyl groups is 1. The van der Waals surface area contributed by atoms with Crippen molar-refractivity contribution in [2.75, 3.05) is 13.2 Å². The Balaban J connectivity index is 1.74. The molecule has 0 bridgehead atoms. The van der Waals surface area contributed by atoms with E-state index < -0.39 is 5.60 Å². The van der Waals surface area contributed by atoms with Gasteiger partial charge in [0.05, 0.1) is 18.8 Å². The van der Waals surface area contributed by atoms with E-state index in [0.29, 0.717) is 0 Å². The molecular formula is C33H34O2. The summed E-state index contributed by atoms with van der Waals surface area (Å²) >= 11 is 0. The molecule has 0 amide bonds.